The van der Waals surface area contributed by atoms with E-state index in [0.29, 0.717) is 11.1 Å². The van der Waals surface area contributed by atoms with Crippen LogP contribution in [0.15, 0.2) is 58.2 Å². The van der Waals surface area contributed by atoms with Gasteiger partial charge in [-0.05, 0) is 56.2 Å². The summed E-state index contributed by atoms with van der Waals surface area (Å²) in [6.07, 6.45) is 0. The summed E-state index contributed by atoms with van der Waals surface area (Å²) in [4.78, 5) is 2.31. The average Bonchev–Trinajstić information content (AvgIpc) is 3.12. The number of hydrogen-bond acceptors (Lipinski definition) is 5. The van der Waals surface area contributed by atoms with Gasteiger partial charge < -0.3 is 9.32 Å². The predicted octanol–water partition coefficient (Wildman–Crippen LogP) is 5.18. The van der Waals surface area contributed by atoms with Gasteiger partial charge in [-0.2, -0.15) is 0 Å². The van der Waals surface area contributed by atoms with Gasteiger partial charge in [0.1, 0.15) is 0 Å². The fourth-order valence-electron chi connectivity index (χ4n) is 2.70. The van der Waals surface area contributed by atoms with Gasteiger partial charge in [-0.3, -0.25) is 0 Å². The van der Waals surface area contributed by atoms with Crippen molar-refractivity contribution in [2.75, 3.05) is 18.0 Å². The average molecular weight is 353 g/mol. The second-order valence-electron chi connectivity index (χ2n) is 5.81. The molecule has 0 bridgehead atoms. The smallest absolute Gasteiger partial charge is 0.277 e. The Hall–Kier alpha value is -2.27. The molecular weight excluding hydrogens is 330 g/mol. The molecule has 1 heterocycles. The van der Waals surface area contributed by atoms with Crippen molar-refractivity contribution in [1.82, 2.24) is 10.2 Å². The van der Waals surface area contributed by atoms with Crippen molar-refractivity contribution in [3.8, 4) is 11.5 Å². The lowest BCUT2D eigenvalue weighted by molar-refractivity contribution is 0.466. The van der Waals surface area contributed by atoms with Gasteiger partial charge in [0.2, 0.25) is 5.89 Å². The van der Waals surface area contributed by atoms with Gasteiger partial charge >= 0.3 is 0 Å². The van der Waals surface area contributed by atoms with E-state index in [1.807, 2.05) is 12.1 Å². The molecule has 2 aromatic carbocycles. The van der Waals surface area contributed by atoms with E-state index in [1.165, 1.54) is 16.8 Å². The topological polar surface area (TPSA) is 42.2 Å². The zero-order valence-corrected chi connectivity index (χ0v) is 15.7. The molecule has 0 aliphatic rings. The maximum Gasteiger partial charge on any atom is 0.277 e. The van der Waals surface area contributed by atoms with Crippen LogP contribution in [0.1, 0.15) is 25.0 Å². The van der Waals surface area contributed by atoms with Crippen LogP contribution in [0.25, 0.3) is 11.5 Å². The molecule has 4 nitrogen and oxygen atoms in total. The zero-order valence-electron chi connectivity index (χ0n) is 14.9. The number of hydrogen-bond donors (Lipinski definition) is 0. The second-order valence-corrected chi connectivity index (χ2v) is 6.73. The largest absolute Gasteiger partial charge is 0.411 e. The number of benzene rings is 2. The van der Waals surface area contributed by atoms with Crippen molar-refractivity contribution in [3.05, 3.63) is 59.7 Å². The molecule has 130 valence electrons. The monoisotopic (exact) mass is 353 g/mol. The van der Waals surface area contributed by atoms with Crippen LogP contribution in [-0.2, 0) is 5.75 Å². The molecule has 0 spiro atoms. The highest BCUT2D eigenvalue weighted by Gasteiger charge is 2.10. The third-order valence-electron chi connectivity index (χ3n) is 4.26. The maximum atomic E-state index is 5.81. The Morgan fingerprint density at radius 3 is 2.36 bits per heavy atom. The summed E-state index contributed by atoms with van der Waals surface area (Å²) in [5.41, 5.74) is 4.73. The van der Waals surface area contributed by atoms with E-state index in [9.17, 15) is 0 Å². The van der Waals surface area contributed by atoms with Crippen LogP contribution in [0.4, 0.5) is 5.69 Å². The molecular formula is C20H23N3OS. The van der Waals surface area contributed by atoms with Crippen molar-refractivity contribution < 1.29 is 4.42 Å². The lowest BCUT2D eigenvalue weighted by Crippen LogP contribution is -2.21. The molecule has 0 aliphatic heterocycles. The number of thioether (sulfide) groups is 1. The van der Waals surface area contributed by atoms with E-state index >= 15 is 0 Å². The van der Waals surface area contributed by atoms with E-state index in [1.54, 1.807) is 11.8 Å². The highest BCUT2D eigenvalue weighted by molar-refractivity contribution is 7.98. The molecule has 0 radical (unpaired) electrons. The molecule has 0 amide bonds. The minimum absolute atomic E-state index is 0.568. The first-order valence-electron chi connectivity index (χ1n) is 8.57. The highest BCUT2D eigenvalue weighted by Crippen LogP contribution is 2.27. The summed E-state index contributed by atoms with van der Waals surface area (Å²) in [6.45, 7) is 8.43. The molecule has 5 heteroatoms. The van der Waals surface area contributed by atoms with Crippen molar-refractivity contribution in [1.29, 1.82) is 0 Å². The van der Waals surface area contributed by atoms with E-state index in [0.717, 1.165) is 24.4 Å². The number of rotatable bonds is 7. The van der Waals surface area contributed by atoms with Crippen LogP contribution in [-0.4, -0.2) is 23.3 Å². The quantitative estimate of drug-likeness (QED) is 0.547. The van der Waals surface area contributed by atoms with E-state index in [4.69, 9.17) is 4.42 Å². The summed E-state index contributed by atoms with van der Waals surface area (Å²) in [5.74, 6) is 1.40. The summed E-state index contributed by atoms with van der Waals surface area (Å²) in [7, 11) is 0. The molecule has 3 aromatic rings. The molecule has 0 aliphatic carbocycles. The third kappa shape index (κ3) is 4.23. The van der Waals surface area contributed by atoms with Crippen LogP contribution >= 0.6 is 11.8 Å². The fourth-order valence-corrected chi connectivity index (χ4v) is 3.54. The zero-order chi connectivity index (χ0) is 17.6. The van der Waals surface area contributed by atoms with Crippen LogP contribution in [0.3, 0.4) is 0 Å². The molecule has 0 N–H and O–H groups in total. The SMILES string of the molecule is CCN(CC)c1ccc(-c2nnc(SCc3ccccc3C)o2)cc1. The first kappa shape index (κ1) is 17.5. The Bertz CT molecular complexity index is 810. The standard InChI is InChI=1S/C20H23N3OS/c1-4-23(5-2)18-12-10-16(11-13-18)19-21-22-20(24-19)25-14-17-9-7-6-8-15(17)3/h6-13H,4-5,14H2,1-3H3. The molecule has 3 rings (SSSR count). The first-order chi connectivity index (χ1) is 12.2. The summed E-state index contributed by atoms with van der Waals surface area (Å²) >= 11 is 1.57. The van der Waals surface area contributed by atoms with Gasteiger partial charge in [0, 0.05) is 30.1 Å². The lowest BCUT2D eigenvalue weighted by atomic mass is 10.1. The number of anilines is 1. The molecule has 0 fully saturated rings. The van der Waals surface area contributed by atoms with Crippen LogP contribution in [0, 0.1) is 6.92 Å². The lowest BCUT2D eigenvalue weighted by Gasteiger charge is -2.20. The highest BCUT2D eigenvalue weighted by atomic mass is 32.2. The minimum Gasteiger partial charge on any atom is -0.411 e. The third-order valence-corrected chi connectivity index (χ3v) is 5.13. The molecule has 25 heavy (non-hydrogen) atoms. The van der Waals surface area contributed by atoms with Crippen molar-refractivity contribution in [3.63, 3.8) is 0 Å². The van der Waals surface area contributed by atoms with Gasteiger partial charge in [0.15, 0.2) is 0 Å². The minimum atomic E-state index is 0.568. The van der Waals surface area contributed by atoms with Gasteiger partial charge in [-0.1, -0.05) is 36.0 Å². The summed E-state index contributed by atoms with van der Waals surface area (Å²) < 4.78 is 5.81. The molecule has 0 atom stereocenters. The number of aryl methyl sites for hydroxylation is 1. The van der Waals surface area contributed by atoms with Gasteiger partial charge in [-0.15, -0.1) is 10.2 Å². The second kappa shape index (κ2) is 8.21. The number of nitrogens with zero attached hydrogens (tertiary/aromatic N) is 3. The molecule has 0 saturated carbocycles. The van der Waals surface area contributed by atoms with E-state index < -0.39 is 0 Å². The predicted molar refractivity (Wildman–Crippen MR) is 104 cm³/mol. The van der Waals surface area contributed by atoms with E-state index in [-0.39, 0.29) is 0 Å². The maximum absolute atomic E-state index is 5.81. The Morgan fingerprint density at radius 1 is 0.960 bits per heavy atom. The van der Waals surface area contributed by atoms with Crippen molar-refractivity contribution >= 4 is 17.4 Å². The van der Waals surface area contributed by atoms with Crippen molar-refractivity contribution in [2.24, 2.45) is 0 Å². The Balaban J connectivity index is 1.68. The summed E-state index contributed by atoms with van der Waals surface area (Å²) in [5, 5.41) is 8.95. The first-order valence-corrected chi connectivity index (χ1v) is 9.56. The van der Waals surface area contributed by atoms with Gasteiger partial charge in [0.25, 0.3) is 5.22 Å². The normalized spacial score (nSPS) is 10.8. The number of aromatic nitrogens is 2. The van der Waals surface area contributed by atoms with Crippen LogP contribution in [0.5, 0.6) is 0 Å². The van der Waals surface area contributed by atoms with Crippen molar-refractivity contribution in [2.45, 2.75) is 31.7 Å². The van der Waals surface area contributed by atoms with Gasteiger partial charge in [0.05, 0.1) is 0 Å². The van der Waals surface area contributed by atoms with Crippen LogP contribution < -0.4 is 4.90 Å². The Morgan fingerprint density at radius 2 is 1.68 bits per heavy atom. The van der Waals surface area contributed by atoms with Crippen LogP contribution in [0.2, 0.25) is 0 Å². The Kier molecular flexibility index (Phi) is 5.76. The molecule has 1 aromatic heterocycles. The van der Waals surface area contributed by atoms with Gasteiger partial charge in [-0.25, -0.2) is 0 Å². The molecule has 0 unspecified atom stereocenters. The summed E-state index contributed by atoms with van der Waals surface area (Å²) in [6, 6.07) is 16.6. The Labute approximate surface area is 153 Å². The molecule has 0 saturated heterocycles. The fraction of sp³-hybridized carbons (Fsp3) is 0.300. The van der Waals surface area contributed by atoms with E-state index in [2.05, 4.69) is 72.3 Å².